The number of nitrogens with one attached hydrogen (secondary N) is 1. The Morgan fingerprint density at radius 3 is 2.55 bits per heavy atom. The Hall–Kier alpha value is -2.38. The molecule has 1 heterocycles. The van der Waals surface area contributed by atoms with Gasteiger partial charge < -0.3 is 10.2 Å². The molecule has 2 atom stereocenters. The fraction of sp³-hybridized carbons (Fsp3) is 0.613. The average molecular weight is 540 g/mol. The summed E-state index contributed by atoms with van der Waals surface area (Å²) in [6, 6.07) is 6.24. The van der Waals surface area contributed by atoms with Crippen LogP contribution in [-0.2, 0) is 27.2 Å². The molecule has 1 aromatic heterocycles. The lowest BCUT2D eigenvalue weighted by atomic mass is 9.81. The number of hydrogen-bond donors (Lipinski definition) is 1. The van der Waals surface area contributed by atoms with E-state index in [4.69, 9.17) is 4.98 Å². The van der Waals surface area contributed by atoms with E-state index in [0.29, 0.717) is 43.7 Å². The average Bonchev–Trinajstić information content (AvgIpc) is 3.31. The molecular weight excluding hydrogens is 494 g/mol. The van der Waals surface area contributed by atoms with Crippen LogP contribution < -0.4 is 5.32 Å². The van der Waals surface area contributed by atoms with Gasteiger partial charge in [-0.2, -0.15) is 0 Å². The van der Waals surface area contributed by atoms with Crippen LogP contribution in [0.2, 0.25) is 0 Å². The number of fused-ring (bicyclic) bond motifs is 1. The largest absolute Gasteiger partial charge is 0.353 e. The first-order valence-corrected chi connectivity index (χ1v) is 15.1. The number of ketones is 2. The molecule has 1 fully saturated rings. The molecular formula is C31H45N3O3S. The molecule has 1 saturated carbocycles. The van der Waals surface area contributed by atoms with Crippen molar-refractivity contribution >= 4 is 39.0 Å². The number of amides is 1. The summed E-state index contributed by atoms with van der Waals surface area (Å²) in [5, 5.41) is 4.21. The van der Waals surface area contributed by atoms with E-state index in [0.717, 1.165) is 47.3 Å². The maximum absolute atomic E-state index is 13.7. The highest BCUT2D eigenvalue weighted by Crippen LogP contribution is 2.30. The smallest absolute Gasteiger partial charge is 0.224 e. The van der Waals surface area contributed by atoms with Crippen LogP contribution in [0.4, 0.5) is 0 Å². The molecule has 0 bridgehead atoms. The number of aryl methyl sites for hydroxylation is 1. The van der Waals surface area contributed by atoms with Crippen molar-refractivity contribution in [2.24, 2.45) is 11.8 Å². The molecule has 3 rings (SSSR count). The van der Waals surface area contributed by atoms with Gasteiger partial charge in [-0.1, -0.05) is 45.8 Å². The first-order chi connectivity index (χ1) is 18.2. The van der Waals surface area contributed by atoms with Crippen molar-refractivity contribution in [3.8, 4) is 0 Å². The topological polar surface area (TPSA) is 79.4 Å². The van der Waals surface area contributed by atoms with Crippen LogP contribution in [-0.4, -0.2) is 54.0 Å². The van der Waals surface area contributed by atoms with E-state index in [1.807, 2.05) is 32.0 Å². The highest BCUT2D eigenvalue weighted by atomic mass is 32.1. The molecule has 0 spiro atoms. The minimum Gasteiger partial charge on any atom is -0.353 e. The Kier molecular flexibility index (Phi) is 11.7. The van der Waals surface area contributed by atoms with Gasteiger partial charge >= 0.3 is 0 Å². The summed E-state index contributed by atoms with van der Waals surface area (Å²) in [4.78, 5) is 45.7. The van der Waals surface area contributed by atoms with E-state index < -0.39 is 5.92 Å². The van der Waals surface area contributed by atoms with Gasteiger partial charge in [-0.25, -0.2) is 4.98 Å². The van der Waals surface area contributed by atoms with Gasteiger partial charge in [0.15, 0.2) is 5.78 Å². The van der Waals surface area contributed by atoms with E-state index >= 15 is 0 Å². The maximum Gasteiger partial charge on any atom is 0.224 e. The zero-order valence-electron chi connectivity index (χ0n) is 23.7. The maximum atomic E-state index is 13.7. The van der Waals surface area contributed by atoms with Crippen LogP contribution in [0.15, 0.2) is 30.4 Å². The van der Waals surface area contributed by atoms with Crippen molar-refractivity contribution in [2.75, 3.05) is 20.6 Å². The molecule has 2 aromatic rings. The number of nitrogens with zero attached hydrogens (tertiary/aromatic N) is 2. The van der Waals surface area contributed by atoms with Gasteiger partial charge in [0.25, 0.3) is 0 Å². The van der Waals surface area contributed by atoms with Crippen molar-refractivity contribution in [1.29, 1.82) is 0 Å². The van der Waals surface area contributed by atoms with Crippen LogP contribution in [0.1, 0.15) is 82.2 Å². The summed E-state index contributed by atoms with van der Waals surface area (Å²) >= 11 is 1.62. The molecule has 208 valence electrons. The van der Waals surface area contributed by atoms with Crippen LogP contribution in [0.25, 0.3) is 10.2 Å². The Morgan fingerprint density at radius 1 is 1.16 bits per heavy atom. The third kappa shape index (κ3) is 8.84. The highest BCUT2D eigenvalue weighted by Gasteiger charge is 2.30. The highest BCUT2D eigenvalue weighted by molar-refractivity contribution is 7.18. The number of Topliss-reactive ketones (excluding diaryl/α,β-unsaturated/α-hetero) is 2. The second-order valence-electron chi connectivity index (χ2n) is 11.1. The summed E-state index contributed by atoms with van der Waals surface area (Å²) in [5.41, 5.74) is 2.82. The summed E-state index contributed by atoms with van der Waals surface area (Å²) in [5.74, 6) is -0.0361. The molecule has 1 N–H and O–H groups in total. The van der Waals surface area contributed by atoms with Crippen LogP contribution in [0.3, 0.4) is 0 Å². The summed E-state index contributed by atoms with van der Waals surface area (Å²) in [6.45, 7) is 8.49. The van der Waals surface area contributed by atoms with E-state index in [9.17, 15) is 14.4 Å². The Balaban J connectivity index is 1.75. The number of hydrogen-bond acceptors (Lipinski definition) is 6. The van der Waals surface area contributed by atoms with E-state index in [1.54, 1.807) is 11.3 Å². The minimum atomic E-state index is -0.459. The molecule has 1 aromatic carbocycles. The first-order valence-electron chi connectivity index (χ1n) is 14.3. The number of aromatic nitrogens is 1. The van der Waals surface area contributed by atoms with Crippen LogP contribution in [0.5, 0.6) is 0 Å². The van der Waals surface area contributed by atoms with Gasteiger partial charge in [-0.3, -0.25) is 14.4 Å². The minimum absolute atomic E-state index is 0.0624. The van der Waals surface area contributed by atoms with Crippen molar-refractivity contribution < 1.29 is 14.4 Å². The standard InChI is InChI=1S/C31H45N3O3S/c1-6-22-13-14-27-29(17-22)38-30(32-27)19-24(18-25(35)7-2)31(37)33-26(23-11-9-8-10-12-23)15-16-28(36)21(3)20-34(4)5/h13-14,17,23-24,26H,3,6-12,15-16,18-20H2,1-2,4-5H3,(H,33,37)/t24-,26?/m0/s1. The third-order valence-corrected chi connectivity index (χ3v) is 8.74. The fourth-order valence-corrected chi connectivity index (χ4v) is 6.52. The van der Waals surface area contributed by atoms with Crippen molar-refractivity contribution in [3.05, 3.63) is 40.9 Å². The predicted octanol–water partition coefficient (Wildman–Crippen LogP) is 5.92. The second kappa shape index (κ2) is 14.7. The fourth-order valence-electron chi connectivity index (χ4n) is 5.41. The lowest BCUT2D eigenvalue weighted by Crippen LogP contribution is -2.45. The molecule has 1 aliphatic carbocycles. The quantitative estimate of drug-likeness (QED) is 0.284. The van der Waals surface area contributed by atoms with Gasteiger partial charge in [-0.15, -0.1) is 11.3 Å². The summed E-state index contributed by atoms with van der Waals surface area (Å²) in [7, 11) is 3.85. The number of carbonyl (C=O) groups excluding carboxylic acids is 3. The van der Waals surface area contributed by atoms with Crippen molar-refractivity contribution in [2.45, 2.75) is 90.5 Å². The molecule has 1 amide bonds. The molecule has 1 unspecified atom stereocenters. The third-order valence-electron chi connectivity index (χ3n) is 7.70. The molecule has 0 aliphatic heterocycles. The predicted molar refractivity (Wildman–Crippen MR) is 157 cm³/mol. The van der Waals surface area contributed by atoms with Crippen LogP contribution in [0, 0.1) is 11.8 Å². The van der Waals surface area contributed by atoms with Gasteiger partial charge in [0.2, 0.25) is 5.91 Å². The zero-order chi connectivity index (χ0) is 27.7. The molecule has 38 heavy (non-hydrogen) atoms. The first kappa shape index (κ1) is 30.2. The molecule has 7 heteroatoms. The van der Waals surface area contributed by atoms with E-state index in [2.05, 4.69) is 31.0 Å². The van der Waals surface area contributed by atoms with Gasteiger partial charge in [0, 0.05) is 43.8 Å². The molecule has 6 nitrogen and oxygen atoms in total. The second-order valence-corrected chi connectivity index (χ2v) is 12.2. The normalized spacial score (nSPS) is 15.9. The lowest BCUT2D eigenvalue weighted by molar-refractivity contribution is -0.130. The van der Waals surface area contributed by atoms with Gasteiger partial charge in [0.1, 0.15) is 5.78 Å². The number of rotatable bonds is 15. The van der Waals surface area contributed by atoms with Crippen LogP contribution >= 0.6 is 11.3 Å². The number of thiazole rings is 1. The molecule has 0 radical (unpaired) electrons. The van der Waals surface area contributed by atoms with Gasteiger partial charge in [-0.05, 0) is 63.4 Å². The number of carbonyl (C=O) groups is 3. The zero-order valence-corrected chi connectivity index (χ0v) is 24.5. The molecule has 0 saturated heterocycles. The summed E-state index contributed by atoms with van der Waals surface area (Å²) < 4.78 is 1.12. The monoisotopic (exact) mass is 539 g/mol. The Morgan fingerprint density at radius 2 is 1.89 bits per heavy atom. The van der Waals surface area contributed by atoms with E-state index in [1.165, 1.54) is 12.0 Å². The van der Waals surface area contributed by atoms with Gasteiger partial charge in [0.05, 0.1) is 21.1 Å². The summed E-state index contributed by atoms with van der Waals surface area (Å²) in [6.07, 6.45) is 8.70. The SMILES string of the molecule is C=C(CN(C)C)C(=O)CCC(NC(=O)[C@@H](CC(=O)CC)Cc1nc2ccc(CC)cc2s1)C1CCCCC1. The Labute approximate surface area is 232 Å². The Bertz CT molecular complexity index is 1120. The number of likely N-dealkylation sites (N-methyl/N-ethyl adjacent to an activating group) is 1. The lowest BCUT2D eigenvalue weighted by Gasteiger charge is -2.32. The van der Waals surface area contributed by atoms with E-state index in [-0.39, 0.29) is 29.9 Å². The van der Waals surface area contributed by atoms with Crippen molar-refractivity contribution in [1.82, 2.24) is 15.2 Å². The number of benzene rings is 1. The molecule has 1 aliphatic rings. The van der Waals surface area contributed by atoms with Crippen molar-refractivity contribution in [3.63, 3.8) is 0 Å².